The van der Waals surface area contributed by atoms with Crippen LogP contribution in [-0.4, -0.2) is 87.7 Å². The average molecular weight is 677 g/mol. The first-order valence-electron chi connectivity index (χ1n) is 16.1. The number of hydrogen-bond donors (Lipinski definition) is 1. The first kappa shape index (κ1) is 32.1. The molecule has 3 aliphatic heterocycles. The van der Waals surface area contributed by atoms with E-state index in [0.717, 1.165) is 30.7 Å². The Morgan fingerprint density at radius 3 is 2.90 bits per heavy atom. The molecule has 1 aromatic carbocycles. The van der Waals surface area contributed by atoms with Gasteiger partial charge in [0.25, 0.3) is 0 Å². The van der Waals surface area contributed by atoms with E-state index in [2.05, 4.69) is 21.4 Å². The van der Waals surface area contributed by atoms with E-state index in [1.165, 1.54) is 24.4 Å². The number of thiophene rings is 1. The van der Waals surface area contributed by atoms with Gasteiger partial charge in [-0.15, -0.1) is 11.3 Å². The molecule has 3 fully saturated rings. The number of likely N-dealkylation sites (tertiary alicyclic amines) is 1. The van der Waals surface area contributed by atoms with Crippen LogP contribution in [0.15, 0.2) is 31.0 Å². The first-order chi connectivity index (χ1) is 23.1. The lowest BCUT2D eigenvalue weighted by Gasteiger charge is -2.34. The molecule has 3 aliphatic rings. The summed E-state index contributed by atoms with van der Waals surface area (Å²) in [4.78, 5) is 32.3. The highest BCUT2D eigenvalue weighted by Crippen LogP contribution is 2.43. The molecular weight excluding hydrogens is 641 g/mol. The highest BCUT2D eigenvalue weighted by molar-refractivity contribution is 7.23. The molecule has 48 heavy (non-hydrogen) atoms. The largest absolute Gasteiger partial charge is 0.461 e. The minimum Gasteiger partial charge on any atom is -0.461 e. The number of pyridine rings is 1. The summed E-state index contributed by atoms with van der Waals surface area (Å²) < 4.78 is 52.5. The summed E-state index contributed by atoms with van der Waals surface area (Å²) in [6.45, 7) is 7.45. The number of nitriles is 1. The average Bonchev–Trinajstić information content (AvgIpc) is 3.84. The van der Waals surface area contributed by atoms with Crippen molar-refractivity contribution in [1.82, 2.24) is 24.8 Å². The number of carbonyl (C=O) groups excluding carboxylic acids is 1. The predicted octanol–water partition coefficient (Wildman–Crippen LogP) is 5.60. The number of fused-ring (bicyclic) bond motifs is 3. The van der Waals surface area contributed by atoms with Crippen LogP contribution in [0.3, 0.4) is 0 Å². The molecule has 0 radical (unpaired) electrons. The van der Waals surface area contributed by atoms with Crippen LogP contribution in [0.5, 0.6) is 6.01 Å². The topological polar surface area (TPSA) is 125 Å². The van der Waals surface area contributed by atoms with Crippen molar-refractivity contribution in [1.29, 1.82) is 5.26 Å². The van der Waals surface area contributed by atoms with E-state index in [1.54, 1.807) is 4.90 Å². The van der Waals surface area contributed by atoms with Crippen LogP contribution in [0.2, 0.25) is 0 Å². The number of likely N-dealkylation sites (N-methyl/N-ethyl adjacent to an activating group) is 1. The van der Waals surface area contributed by atoms with Gasteiger partial charge in [-0.2, -0.15) is 15.2 Å². The van der Waals surface area contributed by atoms with E-state index >= 15 is 4.39 Å². The number of rotatable bonds is 8. The van der Waals surface area contributed by atoms with Crippen LogP contribution in [0, 0.1) is 23.0 Å². The first-order valence-corrected chi connectivity index (χ1v) is 16.9. The Morgan fingerprint density at radius 1 is 1.33 bits per heavy atom. The van der Waals surface area contributed by atoms with Gasteiger partial charge >= 0.3 is 6.01 Å². The fourth-order valence-electron chi connectivity index (χ4n) is 8.02. The third-order valence-corrected chi connectivity index (χ3v) is 11.3. The Kier molecular flexibility index (Phi) is 8.15. The third-order valence-electron chi connectivity index (χ3n) is 10.3. The van der Waals surface area contributed by atoms with E-state index in [0.29, 0.717) is 43.6 Å². The second kappa shape index (κ2) is 12.2. The molecular formula is C34H35F3N8O2S. The molecule has 4 atom stereocenters. The van der Waals surface area contributed by atoms with Crippen molar-refractivity contribution < 1.29 is 22.7 Å². The Labute approximate surface area is 279 Å². The summed E-state index contributed by atoms with van der Waals surface area (Å²) in [5.41, 5.74) is 5.60. The van der Waals surface area contributed by atoms with Crippen LogP contribution in [0.4, 0.5) is 24.0 Å². The van der Waals surface area contributed by atoms with Crippen molar-refractivity contribution >= 4 is 49.1 Å². The Hall–Kier alpha value is -4.48. The summed E-state index contributed by atoms with van der Waals surface area (Å²) >= 11 is 0.916. The zero-order valence-corrected chi connectivity index (χ0v) is 27.5. The van der Waals surface area contributed by atoms with E-state index < -0.39 is 23.3 Å². The lowest BCUT2D eigenvalue weighted by molar-refractivity contribution is -0.126. The second-order valence-corrected chi connectivity index (χ2v) is 13.9. The molecule has 1 amide bonds. The van der Waals surface area contributed by atoms with E-state index in [4.69, 9.17) is 15.5 Å². The Balaban J connectivity index is 1.36. The van der Waals surface area contributed by atoms with E-state index in [-0.39, 0.29) is 68.0 Å². The summed E-state index contributed by atoms with van der Waals surface area (Å²) in [7, 11) is 1.84. The number of ether oxygens (including phenoxy) is 1. The van der Waals surface area contributed by atoms with Gasteiger partial charge in [-0.05, 0) is 50.4 Å². The Morgan fingerprint density at radius 2 is 2.15 bits per heavy atom. The van der Waals surface area contributed by atoms with Gasteiger partial charge in [-0.3, -0.25) is 14.7 Å². The molecule has 0 spiro atoms. The molecule has 7 rings (SSSR count). The van der Waals surface area contributed by atoms with Crippen molar-refractivity contribution in [3.05, 3.63) is 48.2 Å². The highest BCUT2D eigenvalue weighted by atomic mass is 32.1. The number of nitrogens with zero attached hydrogens (tertiary/aromatic N) is 7. The Bertz CT molecular complexity index is 2000. The minimum atomic E-state index is -0.953. The number of aromatic nitrogens is 3. The third kappa shape index (κ3) is 5.02. The molecule has 10 nitrogen and oxygen atoms in total. The number of nitrogens with two attached hydrogens (primary N) is 1. The molecule has 250 valence electrons. The maximum Gasteiger partial charge on any atom is 0.319 e. The quantitative estimate of drug-likeness (QED) is 0.238. The maximum absolute atomic E-state index is 16.8. The van der Waals surface area contributed by atoms with Gasteiger partial charge in [0.2, 0.25) is 5.91 Å². The molecule has 4 unspecified atom stereocenters. The number of alkyl halides is 1. The zero-order valence-electron chi connectivity index (χ0n) is 26.7. The molecule has 3 saturated heterocycles. The van der Waals surface area contributed by atoms with Crippen molar-refractivity contribution in [2.45, 2.75) is 62.8 Å². The summed E-state index contributed by atoms with van der Waals surface area (Å²) in [6.07, 6.45) is 5.17. The highest BCUT2D eigenvalue weighted by Gasteiger charge is 2.49. The lowest BCUT2D eigenvalue weighted by atomic mass is 9.95. The van der Waals surface area contributed by atoms with Crippen molar-refractivity contribution in [3.8, 4) is 23.3 Å². The van der Waals surface area contributed by atoms with Crippen LogP contribution in [0.25, 0.3) is 32.2 Å². The van der Waals surface area contributed by atoms with Gasteiger partial charge in [-0.1, -0.05) is 13.5 Å². The second-order valence-electron chi connectivity index (χ2n) is 12.8. The molecule has 0 aliphatic carbocycles. The van der Waals surface area contributed by atoms with Crippen LogP contribution in [0.1, 0.15) is 44.6 Å². The van der Waals surface area contributed by atoms with Gasteiger partial charge < -0.3 is 20.3 Å². The van der Waals surface area contributed by atoms with Gasteiger partial charge in [0, 0.05) is 43.7 Å². The van der Waals surface area contributed by atoms with E-state index in [9.17, 15) is 18.8 Å². The molecule has 3 aromatic heterocycles. The number of anilines is 2. The van der Waals surface area contributed by atoms with Crippen LogP contribution >= 0.6 is 11.3 Å². The maximum atomic E-state index is 16.8. The minimum absolute atomic E-state index is 0.0477. The number of carbonyl (C=O) groups is 1. The number of halogens is 3. The van der Waals surface area contributed by atoms with Crippen molar-refractivity contribution in [2.75, 3.05) is 43.9 Å². The lowest BCUT2D eigenvalue weighted by Crippen LogP contribution is -2.45. The molecule has 0 saturated carbocycles. The fourth-order valence-corrected chi connectivity index (χ4v) is 8.97. The number of benzene rings is 1. The standard InChI is InChI=1S/C34H35F3N8O2S/c1-4-23-24(9-12-45(23)25(46)5-2)43(3)32-21-15-40-28(19-7-8-22(36)30-26(19)20(14-38)31(39)48-30)27(37)29(21)41-33(42-32)47-17-34-10-6-11-44(34)16-18(35)13-34/h5,7-8,15,18,23-24H,2,4,6,9-13,16-17,39H2,1,3H3. The van der Waals surface area contributed by atoms with Gasteiger partial charge in [0.05, 0.1) is 33.3 Å². The molecule has 4 aromatic rings. The smallest absolute Gasteiger partial charge is 0.319 e. The molecule has 0 bridgehead atoms. The van der Waals surface area contributed by atoms with Crippen LogP contribution < -0.4 is 15.4 Å². The van der Waals surface area contributed by atoms with Gasteiger partial charge in [0.1, 0.15) is 46.7 Å². The van der Waals surface area contributed by atoms with Gasteiger partial charge in [0.15, 0.2) is 5.82 Å². The number of amides is 1. The van der Waals surface area contributed by atoms with E-state index in [1.807, 2.05) is 24.9 Å². The summed E-state index contributed by atoms with van der Waals surface area (Å²) in [5.74, 6) is -1.18. The molecule has 6 heterocycles. The fraction of sp³-hybridized carbons (Fsp3) is 0.441. The number of hydrogen-bond acceptors (Lipinski definition) is 10. The summed E-state index contributed by atoms with van der Waals surface area (Å²) in [5, 5.41) is 10.4. The zero-order chi connectivity index (χ0) is 33.9. The molecule has 14 heteroatoms. The SMILES string of the molecule is C=CC(=O)N1CCC(N(C)c2nc(OCC34CCCN3CC(F)C4)nc3c(F)c(-c4ccc(F)c5sc(N)c(C#N)c45)ncc23)C1CC. The monoisotopic (exact) mass is 676 g/mol. The van der Waals surface area contributed by atoms with Crippen LogP contribution in [-0.2, 0) is 4.79 Å². The summed E-state index contributed by atoms with van der Waals surface area (Å²) in [6, 6.07) is 4.20. The predicted molar refractivity (Wildman–Crippen MR) is 179 cm³/mol. The van der Waals surface area contributed by atoms with Crippen molar-refractivity contribution in [2.24, 2.45) is 0 Å². The normalized spacial score (nSPS) is 23.9. The van der Waals surface area contributed by atoms with Crippen molar-refractivity contribution in [3.63, 3.8) is 0 Å². The molecule has 2 N–H and O–H groups in total. The van der Waals surface area contributed by atoms with Gasteiger partial charge in [-0.25, -0.2) is 13.2 Å². The number of nitrogen functional groups attached to an aromatic ring is 1.